The number of hydrogen-bond acceptors (Lipinski definition) is 3. The average Bonchev–Trinajstić information content (AvgIpc) is 3.37. The van der Waals surface area contributed by atoms with Gasteiger partial charge in [-0.05, 0) is 47.4 Å². The molecule has 0 bridgehead atoms. The lowest BCUT2D eigenvalue weighted by molar-refractivity contribution is -0.121. The smallest absolute Gasteiger partial charge is 0.221 e. The first kappa shape index (κ1) is 26.1. The lowest BCUT2D eigenvalue weighted by Gasteiger charge is -2.23. The molecule has 0 saturated heterocycles. The van der Waals surface area contributed by atoms with E-state index in [1.54, 1.807) is 14.2 Å². The molecule has 5 rings (SSSR count). The van der Waals surface area contributed by atoms with Crippen LogP contribution in [0.5, 0.6) is 11.5 Å². The first-order valence-corrected chi connectivity index (χ1v) is 13.3. The quantitative estimate of drug-likeness (QED) is 0.214. The minimum absolute atomic E-state index is 0.0344. The zero-order chi connectivity index (χ0) is 27.2. The summed E-state index contributed by atoms with van der Waals surface area (Å²) < 4.78 is 13.4. The van der Waals surface area contributed by atoms with E-state index in [4.69, 9.17) is 9.47 Å². The molecule has 198 valence electrons. The van der Waals surface area contributed by atoms with Gasteiger partial charge in [-0.15, -0.1) is 0 Å². The molecule has 5 heteroatoms. The summed E-state index contributed by atoms with van der Waals surface area (Å²) in [6.45, 7) is 2.97. The summed E-state index contributed by atoms with van der Waals surface area (Å²) in [6, 6.07) is 34.2. The van der Waals surface area contributed by atoms with E-state index in [0.717, 1.165) is 39.7 Å². The molecule has 0 saturated carbocycles. The molecule has 5 aromatic rings. The Labute approximate surface area is 230 Å². The zero-order valence-corrected chi connectivity index (χ0v) is 22.6. The number of carbonyl (C=O) groups excluding carboxylic acids is 1. The lowest BCUT2D eigenvalue weighted by Crippen LogP contribution is -2.30. The number of aryl methyl sites for hydroxylation is 1. The van der Waals surface area contributed by atoms with E-state index in [1.807, 2.05) is 54.6 Å². The average molecular weight is 519 g/mol. The normalized spacial score (nSPS) is 11.9. The minimum Gasteiger partial charge on any atom is -0.497 e. The first-order valence-electron chi connectivity index (χ1n) is 13.3. The fraction of sp³-hybridized carbons (Fsp3) is 0.206. The van der Waals surface area contributed by atoms with E-state index >= 15 is 0 Å². The second kappa shape index (κ2) is 11.9. The molecule has 1 amide bonds. The number of ether oxygens (including phenoxy) is 2. The van der Waals surface area contributed by atoms with Crippen LogP contribution in [-0.2, 0) is 11.3 Å². The number of hydrogen-bond donors (Lipinski definition) is 1. The summed E-state index contributed by atoms with van der Waals surface area (Å²) in [5.74, 6) is 1.15. The Morgan fingerprint density at radius 2 is 1.33 bits per heavy atom. The van der Waals surface area contributed by atoms with Gasteiger partial charge in [0.25, 0.3) is 0 Å². The van der Waals surface area contributed by atoms with Gasteiger partial charge in [0, 0.05) is 42.0 Å². The third-order valence-corrected chi connectivity index (χ3v) is 7.27. The first-order chi connectivity index (χ1) is 19.1. The molecule has 0 radical (unpaired) electrons. The van der Waals surface area contributed by atoms with Crippen LogP contribution in [0.3, 0.4) is 0 Å². The van der Waals surface area contributed by atoms with Crippen LogP contribution >= 0.6 is 0 Å². The molecular formula is C34H34N2O3. The molecule has 1 N–H and O–H groups in total. The molecule has 0 unspecified atom stereocenters. The van der Waals surface area contributed by atoms with Crippen molar-refractivity contribution in [3.05, 3.63) is 132 Å². The van der Waals surface area contributed by atoms with Crippen molar-refractivity contribution in [2.24, 2.45) is 0 Å². The minimum atomic E-state index is -0.252. The van der Waals surface area contributed by atoms with Crippen molar-refractivity contribution in [1.29, 1.82) is 0 Å². The molecule has 1 atom stereocenters. The van der Waals surface area contributed by atoms with Gasteiger partial charge < -0.3 is 19.4 Å². The van der Waals surface area contributed by atoms with Gasteiger partial charge in [-0.1, -0.05) is 78.9 Å². The number of fused-ring (bicyclic) bond motifs is 1. The van der Waals surface area contributed by atoms with Crippen molar-refractivity contribution >= 4 is 16.8 Å². The summed E-state index contributed by atoms with van der Waals surface area (Å²) in [5, 5.41) is 4.48. The van der Waals surface area contributed by atoms with Gasteiger partial charge in [-0.25, -0.2) is 0 Å². The summed E-state index contributed by atoms with van der Waals surface area (Å²) in [6.07, 6.45) is 2.45. The summed E-state index contributed by atoms with van der Waals surface area (Å²) in [4.78, 5) is 13.9. The van der Waals surface area contributed by atoms with Crippen molar-refractivity contribution in [3.8, 4) is 11.5 Å². The Morgan fingerprint density at radius 1 is 0.769 bits per heavy atom. The van der Waals surface area contributed by atoms with E-state index < -0.39 is 0 Å². The van der Waals surface area contributed by atoms with Crippen LogP contribution in [0.2, 0.25) is 0 Å². The standard InChI is InChI=1S/C34H34N2O3/c1-4-36-23-31(29-17-11-12-18-32(29)36)30(26-19-27(38-2)21-28(20-26)39-3)22-33(37)35-34(24-13-7-5-8-14-24)25-15-9-6-10-16-25/h5-21,23,30,34H,4,22H2,1-3H3,(H,35,37)/t30-/m1/s1. The highest BCUT2D eigenvalue weighted by molar-refractivity contribution is 5.87. The third kappa shape index (κ3) is 5.68. The number of nitrogens with zero attached hydrogens (tertiary/aromatic N) is 1. The molecule has 1 heterocycles. The Kier molecular flexibility index (Phi) is 7.97. The van der Waals surface area contributed by atoms with E-state index in [0.29, 0.717) is 11.5 Å². The van der Waals surface area contributed by atoms with Gasteiger partial charge in [-0.3, -0.25) is 4.79 Å². The molecule has 4 aromatic carbocycles. The fourth-order valence-electron chi connectivity index (χ4n) is 5.31. The van der Waals surface area contributed by atoms with Crippen LogP contribution in [0.25, 0.3) is 10.9 Å². The third-order valence-electron chi connectivity index (χ3n) is 7.27. The monoisotopic (exact) mass is 518 g/mol. The van der Waals surface area contributed by atoms with Crippen molar-refractivity contribution in [2.45, 2.75) is 31.8 Å². The second-order valence-corrected chi connectivity index (χ2v) is 9.61. The number of nitrogens with one attached hydrogen (secondary N) is 1. The van der Waals surface area contributed by atoms with Gasteiger partial charge in [-0.2, -0.15) is 0 Å². The molecule has 5 nitrogen and oxygen atoms in total. The Morgan fingerprint density at radius 3 is 1.90 bits per heavy atom. The van der Waals surface area contributed by atoms with Crippen LogP contribution in [0.4, 0.5) is 0 Å². The molecule has 39 heavy (non-hydrogen) atoms. The predicted octanol–water partition coefficient (Wildman–Crippen LogP) is 7.11. The molecule has 1 aromatic heterocycles. The highest BCUT2D eigenvalue weighted by Gasteiger charge is 2.26. The Bertz CT molecular complexity index is 1480. The summed E-state index contributed by atoms with van der Waals surface area (Å²) in [7, 11) is 3.29. The lowest BCUT2D eigenvalue weighted by atomic mass is 9.87. The van der Waals surface area contributed by atoms with Gasteiger partial charge >= 0.3 is 0 Å². The Balaban J connectivity index is 1.56. The van der Waals surface area contributed by atoms with E-state index in [-0.39, 0.29) is 24.3 Å². The van der Waals surface area contributed by atoms with Crippen LogP contribution in [0, 0.1) is 0 Å². The second-order valence-electron chi connectivity index (χ2n) is 9.61. The maximum Gasteiger partial charge on any atom is 0.221 e. The van der Waals surface area contributed by atoms with Gasteiger partial charge in [0.05, 0.1) is 20.3 Å². The molecule has 0 aliphatic heterocycles. The maximum absolute atomic E-state index is 13.9. The molecular weight excluding hydrogens is 484 g/mol. The van der Waals surface area contributed by atoms with E-state index in [9.17, 15) is 4.79 Å². The molecule has 0 aliphatic carbocycles. The number of rotatable bonds is 10. The number of amides is 1. The van der Waals surface area contributed by atoms with Crippen LogP contribution in [0.15, 0.2) is 109 Å². The maximum atomic E-state index is 13.9. The Hall–Kier alpha value is -4.51. The van der Waals surface area contributed by atoms with Crippen molar-refractivity contribution in [3.63, 3.8) is 0 Å². The number of carbonyl (C=O) groups is 1. The summed E-state index contributed by atoms with van der Waals surface area (Å²) in [5.41, 5.74) is 5.31. The topological polar surface area (TPSA) is 52.5 Å². The fourth-order valence-corrected chi connectivity index (χ4v) is 5.31. The van der Waals surface area contributed by atoms with Crippen molar-refractivity contribution < 1.29 is 14.3 Å². The zero-order valence-electron chi connectivity index (χ0n) is 22.6. The van der Waals surface area contributed by atoms with Gasteiger partial charge in [0.2, 0.25) is 5.91 Å². The highest BCUT2D eigenvalue weighted by atomic mass is 16.5. The largest absolute Gasteiger partial charge is 0.497 e. The van der Waals surface area contributed by atoms with Gasteiger partial charge in [0.15, 0.2) is 0 Å². The predicted molar refractivity (Wildman–Crippen MR) is 156 cm³/mol. The summed E-state index contributed by atoms with van der Waals surface area (Å²) >= 11 is 0. The van der Waals surface area contributed by atoms with E-state index in [2.05, 4.69) is 71.5 Å². The number of aromatic nitrogens is 1. The van der Waals surface area contributed by atoms with Crippen LogP contribution < -0.4 is 14.8 Å². The highest BCUT2D eigenvalue weighted by Crippen LogP contribution is 2.38. The van der Waals surface area contributed by atoms with Crippen LogP contribution in [0.1, 0.15) is 47.6 Å². The number of para-hydroxylation sites is 1. The number of benzene rings is 4. The van der Waals surface area contributed by atoms with Crippen LogP contribution in [-0.4, -0.2) is 24.7 Å². The molecule has 0 fully saturated rings. The van der Waals surface area contributed by atoms with Crippen molar-refractivity contribution in [1.82, 2.24) is 9.88 Å². The number of methoxy groups -OCH3 is 2. The van der Waals surface area contributed by atoms with E-state index in [1.165, 1.54) is 0 Å². The molecule has 0 aliphatic rings. The molecule has 0 spiro atoms. The van der Waals surface area contributed by atoms with Gasteiger partial charge in [0.1, 0.15) is 11.5 Å². The van der Waals surface area contributed by atoms with Crippen molar-refractivity contribution in [2.75, 3.05) is 14.2 Å². The SMILES string of the molecule is CCn1cc([C@H](CC(=O)NC(c2ccccc2)c2ccccc2)c2cc(OC)cc(OC)c2)c2ccccc21.